The molecule has 0 amide bonds. The van der Waals surface area contributed by atoms with Gasteiger partial charge in [0.1, 0.15) is 0 Å². The lowest BCUT2D eigenvalue weighted by molar-refractivity contribution is 0.482. The molecule has 0 spiro atoms. The van der Waals surface area contributed by atoms with E-state index in [0.29, 0.717) is 11.8 Å². The van der Waals surface area contributed by atoms with E-state index in [0.717, 1.165) is 17.3 Å². The zero-order valence-corrected chi connectivity index (χ0v) is 14.4. The monoisotopic (exact) mass is 374 g/mol. The van der Waals surface area contributed by atoms with Gasteiger partial charge >= 0.3 is 0 Å². The summed E-state index contributed by atoms with van der Waals surface area (Å²) in [5, 5.41) is 4.20. The van der Waals surface area contributed by atoms with Crippen molar-refractivity contribution in [2.24, 2.45) is 7.05 Å². The number of halogens is 3. The zero-order valence-electron chi connectivity index (χ0n) is 11.3. The molecular formula is C15H17BrCl2N2. The van der Waals surface area contributed by atoms with Crippen LogP contribution in [0.1, 0.15) is 17.7 Å². The molecule has 0 aliphatic heterocycles. The molecule has 0 atom stereocenters. The standard InChI is InChI=1S/C15H17BrCl2N2/c1-20-14(7-9-19-20)6-8-15(10-17,11-18)12-2-4-13(16)5-3-12/h2-5,7,9H,6,8,10-11H2,1H3. The van der Waals surface area contributed by atoms with Crippen LogP contribution >= 0.6 is 39.1 Å². The number of aryl methyl sites for hydroxylation is 2. The summed E-state index contributed by atoms with van der Waals surface area (Å²) in [5.74, 6) is 1.02. The van der Waals surface area contributed by atoms with Crippen LogP contribution in [0.3, 0.4) is 0 Å². The van der Waals surface area contributed by atoms with Crippen LogP contribution in [0.25, 0.3) is 0 Å². The van der Waals surface area contributed by atoms with Crippen LogP contribution in [-0.4, -0.2) is 21.5 Å². The highest BCUT2D eigenvalue weighted by atomic mass is 79.9. The first-order valence-corrected chi connectivity index (χ1v) is 8.32. The molecule has 0 aliphatic rings. The summed E-state index contributed by atoms with van der Waals surface area (Å²) in [4.78, 5) is 0. The number of nitrogens with zero attached hydrogens (tertiary/aromatic N) is 2. The van der Waals surface area contributed by atoms with Gasteiger partial charge in [-0.3, -0.25) is 4.68 Å². The number of benzene rings is 1. The van der Waals surface area contributed by atoms with Crippen molar-refractivity contribution in [3.05, 3.63) is 52.3 Å². The molecule has 2 aromatic rings. The van der Waals surface area contributed by atoms with Crippen molar-refractivity contribution in [3.63, 3.8) is 0 Å². The molecule has 0 aliphatic carbocycles. The van der Waals surface area contributed by atoms with Gasteiger partial charge < -0.3 is 0 Å². The van der Waals surface area contributed by atoms with Crippen LogP contribution in [0.2, 0.25) is 0 Å². The van der Waals surface area contributed by atoms with Crippen LogP contribution < -0.4 is 0 Å². The van der Waals surface area contributed by atoms with Gasteiger partial charge in [-0.15, -0.1) is 23.2 Å². The molecule has 2 nitrogen and oxygen atoms in total. The Morgan fingerprint density at radius 2 is 1.80 bits per heavy atom. The van der Waals surface area contributed by atoms with Crippen molar-refractivity contribution < 1.29 is 0 Å². The predicted molar refractivity (Wildman–Crippen MR) is 88.8 cm³/mol. The van der Waals surface area contributed by atoms with E-state index in [1.165, 1.54) is 11.3 Å². The van der Waals surface area contributed by atoms with E-state index >= 15 is 0 Å². The Morgan fingerprint density at radius 3 is 2.30 bits per heavy atom. The maximum Gasteiger partial charge on any atom is 0.0492 e. The Kier molecular flexibility index (Phi) is 5.53. The fraction of sp³-hybridized carbons (Fsp3) is 0.400. The fourth-order valence-corrected chi connectivity index (χ4v) is 3.41. The molecule has 0 bridgehead atoms. The summed E-state index contributed by atoms with van der Waals surface area (Å²) in [6, 6.07) is 10.3. The molecule has 0 N–H and O–H groups in total. The molecule has 1 aromatic heterocycles. The van der Waals surface area contributed by atoms with E-state index in [9.17, 15) is 0 Å². The zero-order chi connectivity index (χ0) is 14.6. The third kappa shape index (κ3) is 3.38. The van der Waals surface area contributed by atoms with Crippen molar-refractivity contribution in [2.75, 3.05) is 11.8 Å². The molecule has 1 aromatic carbocycles. The van der Waals surface area contributed by atoms with Crippen molar-refractivity contribution in [3.8, 4) is 0 Å². The average Bonchev–Trinajstić information content (AvgIpc) is 2.88. The lowest BCUT2D eigenvalue weighted by atomic mass is 9.79. The number of hydrogen-bond donors (Lipinski definition) is 0. The summed E-state index contributed by atoms with van der Waals surface area (Å²) < 4.78 is 2.96. The van der Waals surface area contributed by atoms with Gasteiger partial charge in [0, 0.05) is 40.6 Å². The van der Waals surface area contributed by atoms with Crippen molar-refractivity contribution in [1.82, 2.24) is 9.78 Å². The maximum absolute atomic E-state index is 6.26. The van der Waals surface area contributed by atoms with E-state index in [1.54, 1.807) is 0 Å². The smallest absolute Gasteiger partial charge is 0.0492 e. The quantitative estimate of drug-likeness (QED) is 0.678. The molecule has 2 rings (SSSR count). The van der Waals surface area contributed by atoms with E-state index < -0.39 is 0 Å². The summed E-state index contributed by atoms with van der Waals surface area (Å²) >= 11 is 16.0. The number of hydrogen-bond acceptors (Lipinski definition) is 1. The minimum absolute atomic E-state index is 0.200. The Labute approximate surface area is 138 Å². The van der Waals surface area contributed by atoms with Gasteiger partial charge in [0.05, 0.1) is 0 Å². The maximum atomic E-state index is 6.26. The Hall–Kier alpha value is -0.510. The number of rotatable bonds is 6. The van der Waals surface area contributed by atoms with Gasteiger partial charge in [-0.2, -0.15) is 5.10 Å². The minimum Gasteiger partial charge on any atom is -0.273 e. The molecule has 0 radical (unpaired) electrons. The molecule has 1 heterocycles. The highest BCUT2D eigenvalue weighted by molar-refractivity contribution is 9.10. The number of alkyl halides is 2. The highest BCUT2D eigenvalue weighted by Gasteiger charge is 2.30. The molecule has 0 fully saturated rings. The van der Waals surface area contributed by atoms with Gasteiger partial charge in [-0.25, -0.2) is 0 Å². The van der Waals surface area contributed by atoms with Gasteiger partial charge in [0.15, 0.2) is 0 Å². The summed E-state index contributed by atoms with van der Waals surface area (Å²) in [5.41, 5.74) is 2.18. The lowest BCUT2D eigenvalue weighted by Crippen LogP contribution is -2.31. The topological polar surface area (TPSA) is 17.8 Å². The Morgan fingerprint density at radius 1 is 1.15 bits per heavy atom. The fourth-order valence-electron chi connectivity index (χ4n) is 2.29. The molecule has 5 heteroatoms. The molecule has 108 valence electrons. The molecule has 0 saturated carbocycles. The Bertz CT molecular complexity index is 547. The largest absolute Gasteiger partial charge is 0.273 e. The normalized spacial score (nSPS) is 11.8. The molecule has 20 heavy (non-hydrogen) atoms. The van der Waals surface area contributed by atoms with E-state index in [1.807, 2.05) is 36.1 Å². The van der Waals surface area contributed by atoms with Gasteiger partial charge in [0.2, 0.25) is 0 Å². The number of aromatic nitrogens is 2. The summed E-state index contributed by atoms with van der Waals surface area (Å²) in [6.45, 7) is 0. The first-order valence-electron chi connectivity index (χ1n) is 6.46. The Balaban J connectivity index is 2.21. The van der Waals surface area contributed by atoms with Gasteiger partial charge in [0.25, 0.3) is 0 Å². The highest BCUT2D eigenvalue weighted by Crippen LogP contribution is 2.33. The van der Waals surface area contributed by atoms with Crippen molar-refractivity contribution in [2.45, 2.75) is 18.3 Å². The first kappa shape index (κ1) is 15.9. The first-order chi connectivity index (χ1) is 9.61. The average molecular weight is 376 g/mol. The van der Waals surface area contributed by atoms with Crippen LogP contribution in [0, 0.1) is 0 Å². The minimum atomic E-state index is -0.200. The van der Waals surface area contributed by atoms with Crippen molar-refractivity contribution in [1.29, 1.82) is 0 Å². The van der Waals surface area contributed by atoms with Crippen molar-refractivity contribution >= 4 is 39.1 Å². The second kappa shape index (κ2) is 6.97. The van der Waals surface area contributed by atoms with Crippen LogP contribution in [-0.2, 0) is 18.9 Å². The molecule has 0 saturated heterocycles. The van der Waals surface area contributed by atoms with Crippen LogP contribution in [0.4, 0.5) is 0 Å². The summed E-state index contributed by atoms with van der Waals surface area (Å²) in [7, 11) is 1.96. The molecule has 0 unspecified atom stereocenters. The third-order valence-corrected chi connectivity index (χ3v) is 5.30. The second-order valence-corrected chi connectivity index (χ2v) is 6.45. The van der Waals surface area contributed by atoms with Crippen LogP contribution in [0.15, 0.2) is 41.0 Å². The van der Waals surface area contributed by atoms with E-state index in [-0.39, 0.29) is 5.41 Å². The van der Waals surface area contributed by atoms with Gasteiger partial charge in [-0.05, 0) is 36.6 Å². The summed E-state index contributed by atoms with van der Waals surface area (Å²) in [6.07, 6.45) is 3.63. The molecular weight excluding hydrogens is 359 g/mol. The van der Waals surface area contributed by atoms with E-state index in [2.05, 4.69) is 33.2 Å². The lowest BCUT2D eigenvalue weighted by Gasteiger charge is -2.30. The van der Waals surface area contributed by atoms with Crippen LogP contribution in [0.5, 0.6) is 0 Å². The van der Waals surface area contributed by atoms with E-state index in [4.69, 9.17) is 23.2 Å². The third-order valence-electron chi connectivity index (χ3n) is 3.75. The van der Waals surface area contributed by atoms with Gasteiger partial charge in [-0.1, -0.05) is 28.1 Å². The predicted octanol–water partition coefficient (Wildman–Crippen LogP) is 4.53. The SMILES string of the molecule is Cn1nccc1CCC(CCl)(CCl)c1ccc(Br)cc1. The second-order valence-electron chi connectivity index (χ2n) is 5.00.